The summed E-state index contributed by atoms with van der Waals surface area (Å²) in [6.07, 6.45) is 4.17. The minimum Gasteiger partial charge on any atom is -0.481 e. The standard InChI is InChI=1S/C12H19N5O3/c1-16-8-14-10(15-16)7-13-12(20)17-5-3-2-4-9(17)6-11(18)19/h8-9H,2-7H2,1H3,(H,13,20)(H,18,19). The molecule has 2 rings (SSSR count). The molecule has 0 aliphatic carbocycles. The van der Waals surface area contributed by atoms with E-state index in [-0.39, 0.29) is 25.0 Å². The maximum atomic E-state index is 12.1. The molecule has 20 heavy (non-hydrogen) atoms. The Kier molecular flexibility index (Phi) is 4.54. The molecular formula is C12H19N5O3. The third kappa shape index (κ3) is 3.69. The molecule has 8 nitrogen and oxygen atoms in total. The summed E-state index contributed by atoms with van der Waals surface area (Å²) in [4.78, 5) is 28.6. The smallest absolute Gasteiger partial charge is 0.318 e. The molecule has 1 saturated heterocycles. The molecule has 2 heterocycles. The first kappa shape index (κ1) is 14.3. The van der Waals surface area contributed by atoms with Crippen LogP contribution in [-0.4, -0.2) is 49.4 Å². The summed E-state index contributed by atoms with van der Waals surface area (Å²) in [5, 5.41) is 15.7. The number of carbonyl (C=O) groups excluding carboxylic acids is 1. The van der Waals surface area contributed by atoms with E-state index in [1.54, 1.807) is 23.0 Å². The maximum Gasteiger partial charge on any atom is 0.318 e. The molecule has 1 fully saturated rings. The lowest BCUT2D eigenvalue weighted by Gasteiger charge is -2.34. The number of rotatable bonds is 4. The number of hydrogen-bond donors (Lipinski definition) is 2. The van der Waals surface area contributed by atoms with Crippen molar-refractivity contribution in [2.24, 2.45) is 7.05 Å². The number of nitrogens with zero attached hydrogens (tertiary/aromatic N) is 4. The lowest BCUT2D eigenvalue weighted by atomic mass is 10.00. The normalized spacial score (nSPS) is 18.9. The van der Waals surface area contributed by atoms with Crippen molar-refractivity contribution in [2.75, 3.05) is 6.54 Å². The van der Waals surface area contributed by atoms with E-state index < -0.39 is 5.97 Å². The quantitative estimate of drug-likeness (QED) is 0.829. The van der Waals surface area contributed by atoms with Gasteiger partial charge in [-0.05, 0) is 19.3 Å². The van der Waals surface area contributed by atoms with Crippen LogP contribution in [0.2, 0.25) is 0 Å². The minimum absolute atomic E-state index is 0.00471. The molecule has 8 heteroatoms. The molecule has 1 atom stereocenters. The maximum absolute atomic E-state index is 12.1. The molecule has 0 aromatic carbocycles. The van der Waals surface area contributed by atoms with Gasteiger partial charge in [-0.2, -0.15) is 5.10 Å². The summed E-state index contributed by atoms with van der Waals surface area (Å²) >= 11 is 0. The first-order valence-corrected chi connectivity index (χ1v) is 6.67. The largest absolute Gasteiger partial charge is 0.481 e. The predicted octanol–water partition coefficient (Wildman–Crippen LogP) is 0.354. The number of carbonyl (C=O) groups is 2. The number of aryl methyl sites for hydroxylation is 1. The monoisotopic (exact) mass is 281 g/mol. The Labute approximate surface area is 116 Å². The summed E-state index contributed by atoms with van der Waals surface area (Å²) in [6.45, 7) is 0.843. The van der Waals surface area contributed by atoms with Crippen molar-refractivity contribution in [3.8, 4) is 0 Å². The van der Waals surface area contributed by atoms with E-state index in [0.717, 1.165) is 19.3 Å². The third-order valence-corrected chi connectivity index (χ3v) is 3.34. The molecular weight excluding hydrogens is 262 g/mol. The van der Waals surface area contributed by atoms with Crippen LogP contribution in [-0.2, 0) is 18.4 Å². The van der Waals surface area contributed by atoms with Gasteiger partial charge in [0, 0.05) is 19.6 Å². The van der Waals surface area contributed by atoms with Gasteiger partial charge in [-0.3, -0.25) is 9.48 Å². The van der Waals surface area contributed by atoms with Crippen molar-refractivity contribution < 1.29 is 14.7 Å². The number of aliphatic carboxylic acids is 1. The van der Waals surface area contributed by atoms with E-state index >= 15 is 0 Å². The number of aromatic nitrogens is 3. The van der Waals surface area contributed by atoms with Crippen molar-refractivity contribution in [3.05, 3.63) is 12.2 Å². The summed E-state index contributed by atoms with van der Waals surface area (Å²) < 4.78 is 1.57. The number of amides is 2. The van der Waals surface area contributed by atoms with E-state index in [4.69, 9.17) is 5.11 Å². The van der Waals surface area contributed by atoms with Crippen molar-refractivity contribution in [2.45, 2.75) is 38.3 Å². The molecule has 0 bridgehead atoms. The average Bonchev–Trinajstić information content (AvgIpc) is 2.82. The van der Waals surface area contributed by atoms with Crippen molar-refractivity contribution in [1.29, 1.82) is 0 Å². The molecule has 0 saturated carbocycles. The fourth-order valence-corrected chi connectivity index (χ4v) is 2.40. The van der Waals surface area contributed by atoms with Crippen LogP contribution in [0.15, 0.2) is 6.33 Å². The number of nitrogens with one attached hydrogen (secondary N) is 1. The molecule has 1 unspecified atom stereocenters. The fourth-order valence-electron chi connectivity index (χ4n) is 2.40. The van der Waals surface area contributed by atoms with Crippen LogP contribution in [0.3, 0.4) is 0 Å². The van der Waals surface area contributed by atoms with Crippen LogP contribution >= 0.6 is 0 Å². The molecule has 1 aromatic heterocycles. The van der Waals surface area contributed by atoms with Crippen LogP contribution < -0.4 is 5.32 Å². The van der Waals surface area contributed by atoms with Crippen molar-refractivity contribution in [1.82, 2.24) is 25.0 Å². The zero-order chi connectivity index (χ0) is 14.5. The molecule has 1 aliphatic rings. The zero-order valence-corrected chi connectivity index (χ0v) is 11.4. The number of hydrogen-bond acceptors (Lipinski definition) is 4. The second kappa shape index (κ2) is 6.36. The molecule has 1 aromatic rings. The molecule has 0 radical (unpaired) electrons. The lowest BCUT2D eigenvalue weighted by molar-refractivity contribution is -0.138. The second-order valence-electron chi connectivity index (χ2n) is 4.93. The van der Waals surface area contributed by atoms with Gasteiger partial charge in [-0.1, -0.05) is 0 Å². The van der Waals surface area contributed by atoms with E-state index in [1.807, 2.05) is 0 Å². The number of carboxylic acids is 1. The number of carboxylic acid groups (broad SMARTS) is 1. The second-order valence-corrected chi connectivity index (χ2v) is 4.93. The van der Waals surface area contributed by atoms with E-state index in [9.17, 15) is 9.59 Å². The molecule has 2 N–H and O–H groups in total. The van der Waals surface area contributed by atoms with Crippen LogP contribution in [0.5, 0.6) is 0 Å². The van der Waals surface area contributed by atoms with Gasteiger partial charge in [-0.15, -0.1) is 0 Å². The molecule has 1 aliphatic heterocycles. The third-order valence-electron chi connectivity index (χ3n) is 3.34. The fraction of sp³-hybridized carbons (Fsp3) is 0.667. The number of likely N-dealkylation sites (tertiary alicyclic amines) is 1. The first-order valence-electron chi connectivity index (χ1n) is 6.67. The summed E-state index contributed by atoms with van der Waals surface area (Å²) in [5.74, 6) is -0.339. The van der Waals surface area contributed by atoms with Gasteiger partial charge in [0.15, 0.2) is 5.82 Å². The van der Waals surface area contributed by atoms with Crippen molar-refractivity contribution >= 4 is 12.0 Å². The van der Waals surface area contributed by atoms with Gasteiger partial charge in [0.1, 0.15) is 6.33 Å². The lowest BCUT2D eigenvalue weighted by Crippen LogP contribution is -2.49. The van der Waals surface area contributed by atoms with Gasteiger partial charge in [0.05, 0.1) is 13.0 Å². The minimum atomic E-state index is -0.874. The molecule has 2 amide bonds. The average molecular weight is 281 g/mol. The Morgan fingerprint density at radius 1 is 1.50 bits per heavy atom. The first-order chi connectivity index (χ1) is 9.56. The van der Waals surface area contributed by atoms with E-state index in [1.165, 1.54) is 0 Å². The topological polar surface area (TPSA) is 100 Å². The van der Waals surface area contributed by atoms with Gasteiger partial charge in [-0.25, -0.2) is 9.78 Å². The highest BCUT2D eigenvalue weighted by molar-refractivity contribution is 5.76. The zero-order valence-electron chi connectivity index (χ0n) is 11.4. The van der Waals surface area contributed by atoms with Crippen LogP contribution in [0.4, 0.5) is 4.79 Å². The molecule has 0 spiro atoms. The van der Waals surface area contributed by atoms with Gasteiger partial charge < -0.3 is 15.3 Å². The summed E-state index contributed by atoms with van der Waals surface area (Å²) in [7, 11) is 1.76. The Morgan fingerprint density at radius 2 is 2.30 bits per heavy atom. The highest BCUT2D eigenvalue weighted by atomic mass is 16.4. The Bertz CT molecular complexity index is 487. The summed E-state index contributed by atoms with van der Waals surface area (Å²) in [6, 6.07) is -0.471. The Hall–Kier alpha value is -2.12. The number of piperidine rings is 1. The Balaban J connectivity index is 1.90. The van der Waals surface area contributed by atoms with Gasteiger partial charge in [0.2, 0.25) is 0 Å². The SMILES string of the molecule is Cn1cnc(CNC(=O)N2CCCCC2CC(=O)O)n1. The van der Waals surface area contributed by atoms with E-state index in [2.05, 4.69) is 15.4 Å². The molecule has 110 valence electrons. The van der Waals surface area contributed by atoms with Crippen LogP contribution in [0, 0.1) is 0 Å². The van der Waals surface area contributed by atoms with Gasteiger partial charge >= 0.3 is 12.0 Å². The highest BCUT2D eigenvalue weighted by Gasteiger charge is 2.28. The van der Waals surface area contributed by atoms with Gasteiger partial charge in [0.25, 0.3) is 0 Å². The van der Waals surface area contributed by atoms with Crippen molar-refractivity contribution in [3.63, 3.8) is 0 Å². The predicted molar refractivity (Wildman–Crippen MR) is 69.8 cm³/mol. The summed E-state index contributed by atoms with van der Waals surface area (Å²) in [5.41, 5.74) is 0. The van der Waals surface area contributed by atoms with Crippen LogP contribution in [0.1, 0.15) is 31.5 Å². The van der Waals surface area contributed by atoms with Crippen LogP contribution in [0.25, 0.3) is 0 Å². The Morgan fingerprint density at radius 3 is 2.95 bits per heavy atom. The highest BCUT2D eigenvalue weighted by Crippen LogP contribution is 2.19. The van der Waals surface area contributed by atoms with E-state index in [0.29, 0.717) is 12.4 Å². The number of urea groups is 1.